The van der Waals surface area contributed by atoms with Crippen molar-refractivity contribution in [1.82, 2.24) is 4.90 Å². The largest absolute Gasteiger partial charge is 0.480 e. The van der Waals surface area contributed by atoms with E-state index in [9.17, 15) is 14.7 Å². The summed E-state index contributed by atoms with van der Waals surface area (Å²) in [6, 6.07) is 23.3. The van der Waals surface area contributed by atoms with Crippen molar-refractivity contribution in [2.24, 2.45) is 0 Å². The van der Waals surface area contributed by atoms with Gasteiger partial charge in [-0.15, -0.1) is 0 Å². The number of aliphatic carboxylic acids is 1. The number of fused-ring (bicyclic) bond motifs is 2. The van der Waals surface area contributed by atoms with Crippen molar-refractivity contribution in [2.75, 3.05) is 30.9 Å². The smallest absolute Gasteiger partial charge is 0.326 e. The summed E-state index contributed by atoms with van der Waals surface area (Å²) in [6.45, 7) is 0.433. The SMILES string of the molecule is CN(C)c1ccc2ccccc2c1-c1c(NC(=O)N2CCCC2C(=O)O)ccc2ccccc12. The number of carboxylic acids is 1. The van der Waals surface area contributed by atoms with Crippen LogP contribution in [0, 0.1) is 0 Å². The molecule has 2 N–H and O–H groups in total. The van der Waals surface area contributed by atoms with Crippen LogP contribution in [0.25, 0.3) is 32.7 Å². The number of nitrogens with one attached hydrogen (secondary N) is 1. The summed E-state index contributed by atoms with van der Waals surface area (Å²) in [5.74, 6) is -0.963. The predicted octanol–water partition coefficient (Wildman–Crippen LogP) is 5.81. The van der Waals surface area contributed by atoms with Crippen LogP contribution in [-0.4, -0.2) is 48.7 Å². The molecule has 1 unspecified atom stereocenters. The van der Waals surface area contributed by atoms with Crippen molar-refractivity contribution in [1.29, 1.82) is 0 Å². The number of urea groups is 1. The van der Waals surface area contributed by atoms with Crippen molar-refractivity contribution < 1.29 is 14.7 Å². The van der Waals surface area contributed by atoms with Gasteiger partial charge in [0.15, 0.2) is 0 Å². The molecule has 34 heavy (non-hydrogen) atoms. The minimum absolute atomic E-state index is 0.381. The Morgan fingerprint density at radius 3 is 2.15 bits per heavy atom. The molecule has 6 nitrogen and oxygen atoms in total. The maximum atomic E-state index is 13.3. The number of hydrogen-bond donors (Lipinski definition) is 2. The Morgan fingerprint density at radius 2 is 1.50 bits per heavy atom. The Morgan fingerprint density at radius 1 is 0.882 bits per heavy atom. The monoisotopic (exact) mass is 453 g/mol. The molecule has 2 amide bonds. The standard InChI is InChI=1S/C28H27N3O3/c1-30(2)23-16-14-19-9-4-6-11-21(19)26(23)25-20-10-5-3-8-18(20)13-15-22(25)29-28(34)31-17-7-12-24(31)27(32)33/h3-6,8-11,13-16,24H,7,12,17H2,1-2H3,(H,29,34)(H,32,33). The molecule has 6 heteroatoms. The minimum Gasteiger partial charge on any atom is -0.480 e. The molecule has 0 bridgehead atoms. The second-order valence-corrected chi connectivity index (χ2v) is 8.90. The molecule has 0 saturated carbocycles. The van der Waals surface area contributed by atoms with Gasteiger partial charge in [0.2, 0.25) is 0 Å². The number of likely N-dealkylation sites (tertiary alicyclic amines) is 1. The number of amides is 2. The first kappa shape index (κ1) is 21.8. The highest BCUT2D eigenvalue weighted by Crippen LogP contribution is 2.44. The van der Waals surface area contributed by atoms with E-state index in [1.54, 1.807) is 0 Å². The van der Waals surface area contributed by atoms with Crippen LogP contribution < -0.4 is 10.2 Å². The molecule has 0 radical (unpaired) electrons. The lowest BCUT2D eigenvalue weighted by atomic mass is 9.90. The third-order valence-corrected chi connectivity index (χ3v) is 6.61. The summed E-state index contributed by atoms with van der Waals surface area (Å²) in [4.78, 5) is 28.5. The third-order valence-electron chi connectivity index (χ3n) is 6.61. The molecular weight excluding hydrogens is 426 g/mol. The number of carbonyl (C=O) groups excluding carboxylic acids is 1. The number of hydrogen-bond acceptors (Lipinski definition) is 3. The summed E-state index contributed by atoms with van der Waals surface area (Å²) in [5, 5.41) is 16.9. The van der Waals surface area contributed by atoms with Gasteiger partial charge in [-0.05, 0) is 46.5 Å². The van der Waals surface area contributed by atoms with E-state index in [-0.39, 0.29) is 6.03 Å². The van der Waals surface area contributed by atoms with Crippen LogP contribution in [0.2, 0.25) is 0 Å². The summed E-state index contributed by atoms with van der Waals surface area (Å²) in [5.41, 5.74) is 3.67. The number of carbonyl (C=O) groups is 2. The van der Waals surface area contributed by atoms with Crippen molar-refractivity contribution >= 4 is 44.9 Å². The molecule has 4 aromatic carbocycles. The van der Waals surface area contributed by atoms with Crippen LogP contribution in [0.4, 0.5) is 16.2 Å². The summed E-state index contributed by atoms with van der Waals surface area (Å²) in [7, 11) is 4.03. The predicted molar refractivity (Wildman–Crippen MR) is 138 cm³/mol. The van der Waals surface area contributed by atoms with Crippen molar-refractivity contribution in [3.63, 3.8) is 0 Å². The lowest BCUT2D eigenvalue weighted by Gasteiger charge is -2.25. The summed E-state index contributed by atoms with van der Waals surface area (Å²) >= 11 is 0. The second-order valence-electron chi connectivity index (χ2n) is 8.90. The van der Waals surface area contributed by atoms with Gasteiger partial charge in [-0.2, -0.15) is 0 Å². The normalized spacial score (nSPS) is 15.6. The first-order valence-electron chi connectivity index (χ1n) is 11.5. The van der Waals surface area contributed by atoms with Gasteiger partial charge in [0.1, 0.15) is 6.04 Å². The van der Waals surface area contributed by atoms with Gasteiger partial charge < -0.3 is 20.2 Å². The quantitative estimate of drug-likeness (QED) is 0.409. The number of anilines is 2. The van der Waals surface area contributed by atoms with Crippen LogP contribution in [0.1, 0.15) is 12.8 Å². The van der Waals surface area contributed by atoms with Gasteiger partial charge in [0.05, 0.1) is 5.69 Å². The molecule has 0 aromatic heterocycles. The van der Waals surface area contributed by atoms with Crippen LogP contribution in [0.3, 0.4) is 0 Å². The fourth-order valence-electron chi connectivity index (χ4n) is 4.99. The van der Waals surface area contributed by atoms with Crippen LogP contribution in [-0.2, 0) is 4.79 Å². The molecule has 1 fully saturated rings. The van der Waals surface area contributed by atoms with Crippen LogP contribution in [0.5, 0.6) is 0 Å². The van der Waals surface area contributed by atoms with E-state index in [0.717, 1.165) is 38.4 Å². The average molecular weight is 454 g/mol. The van der Waals surface area contributed by atoms with Crippen molar-refractivity contribution in [3.8, 4) is 11.1 Å². The van der Waals surface area contributed by atoms with Crippen molar-refractivity contribution in [3.05, 3.63) is 72.8 Å². The fourth-order valence-corrected chi connectivity index (χ4v) is 4.99. The van der Waals surface area contributed by atoms with Gasteiger partial charge in [-0.25, -0.2) is 9.59 Å². The summed E-state index contributed by atoms with van der Waals surface area (Å²) < 4.78 is 0. The highest BCUT2D eigenvalue weighted by Gasteiger charge is 2.34. The van der Waals surface area contributed by atoms with E-state index in [0.29, 0.717) is 25.1 Å². The van der Waals surface area contributed by atoms with Crippen molar-refractivity contribution in [2.45, 2.75) is 18.9 Å². The Kier molecular flexibility index (Phi) is 5.57. The molecule has 5 rings (SSSR count). The number of carboxylic acid groups (broad SMARTS) is 1. The number of nitrogens with zero attached hydrogens (tertiary/aromatic N) is 2. The van der Waals surface area contributed by atoms with Gasteiger partial charge >= 0.3 is 12.0 Å². The lowest BCUT2D eigenvalue weighted by molar-refractivity contribution is -0.141. The number of benzene rings is 4. The van der Waals surface area contributed by atoms with Crippen LogP contribution >= 0.6 is 0 Å². The molecule has 1 heterocycles. The van der Waals surface area contributed by atoms with Crippen LogP contribution in [0.15, 0.2) is 72.8 Å². The zero-order chi connectivity index (χ0) is 23.8. The lowest BCUT2D eigenvalue weighted by Crippen LogP contribution is -2.42. The zero-order valence-electron chi connectivity index (χ0n) is 19.3. The summed E-state index contributed by atoms with van der Waals surface area (Å²) in [6.07, 6.45) is 1.16. The fraction of sp³-hybridized carbons (Fsp3) is 0.214. The Balaban J connectivity index is 1.74. The number of rotatable bonds is 4. The molecular formula is C28H27N3O3. The molecule has 4 aromatic rings. The Hall–Kier alpha value is -4.06. The second kappa shape index (κ2) is 8.71. The van der Waals surface area contributed by atoms with Gasteiger partial charge in [0.25, 0.3) is 0 Å². The maximum absolute atomic E-state index is 13.3. The minimum atomic E-state index is -0.963. The van der Waals surface area contributed by atoms with E-state index in [1.165, 1.54) is 4.90 Å². The molecule has 0 spiro atoms. The average Bonchev–Trinajstić information content (AvgIpc) is 3.34. The first-order chi connectivity index (χ1) is 16.5. The molecule has 0 aliphatic carbocycles. The van der Waals surface area contributed by atoms with E-state index < -0.39 is 12.0 Å². The van der Waals surface area contributed by atoms with E-state index in [4.69, 9.17) is 0 Å². The van der Waals surface area contributed by atoms with E-state index in [2.05, 4.69) is 46.6 Å². The Bertz CT molecular complexity index is 1410. The highest BCUT2D eigenvalue weighted by atomic mass is 16.4. The molecule has 1 aliphatic rings. The maximum Gasteiger partial charge on any atom is 0.326 e. The molecule has 1 atom stereocenters. The molecule has 1 saturated heterocycles. The van der Waals surface area contributed by atoms with E-state index in [1.807, 2.05) is 50.5 Å². The molecule has 1 aliphatic heterocycles. The highest BCUT2D eigenvalue weighted by molar-refractivity contribution is 6.15. The van der Waals surface area contributed by atoms with Gasteiger partial charge in [-0.1, -0.05) is 60.7 Å². The van der Waals surface area contributed by atoms with Gasteiger partial charge in [-0.3, -0.25) is 0 Å². The van der Waals surface area contributed by atoms with E-state index >= 15 is 0 Å². The topological polar surface area (TPSA) is 72.9 Å². The third kappa shape index (κ3) is 3.71. The first-order valence-corrected chi connectivity index (χ1v) is 11.5. The Labute approximate surface area is 198 Å². The van der Waals surface area contributed by atoms with Gasteiger partial charge in [0, 0.05) is 37.5 Å². The zero-order valence-corrected chi connectivity index (χ0v) is 19.3. The molecule has 172 valence electrons.